The first-order chi connectivity index (χ1) is 12.5. The van der Waals surface area contributed by atoms with E-state index in [4.69, 9.17) is 5.73 Å². The highest BCUT2D eigenvalue weighted by Crippen LogP contribution is 2.38. The number of nitrogens with zero attached hydrogens (tertiary/aromatic N) is 2. The number of carbonyl (C=O) groups is 1. The summed E-state index contributed by atoms with van der Waals surface area (Å²) in [4.78, 5) is 25.9. The zero-order valence-corrected chi connectivity index (χ0v) is 14.4. The SMILES string of the molecule is NCC[C@@H]1CCN(c2cc3c(cc2F)c(=O)c(C(=O)O)cn3C2CC2)C1. The molecule has 0 amide bonds. The summed E-state index contributed by atoms with van der Waals surface area (Å²) in [6.45, 7) is 2.13. The Balaban J connectivity index is 1.84. The van der Waals surface area contributed by atoms with Gasteiger partial charge in [-0.05, 0) is 50.3 Å². The molecule has 1 saturated heterocycles. The van der Waals surface area contributed by atoms with Gasteiger partial charge < -0.3 is 20.3 Å². The van der Waals surface area contributed by atoms with E-state index in [1.54, 1.807) is 6.07 Å². The molecule has 2 heterocycles. The predicted molar refractivity (Wildman–Crippen MR) is 97.4 cm³/mol. The van der Waals surface area contributed by atoms with Crippen LogP contribution in [-0.2, 0) is 0 Å². The maximum absolute atomic E-state index is 14.8. The number of aromatic carboxylic acids is 1. The van der Waals surface area contributed by atoms with Crippen molar-refractivity contribution in [3.05, 3.63) is 39.9 Å². The molecule has 1 aromatic carbocycles. The second-order valence-corrected chi connectivity index (χ2v) is 7.31. The molecule has 2 fully saturated rings. The zero-order chi connectivity index (χ0) is 18.4. The van der Waals surface area contributed by atoms with Crippen LogP contribution in [-0.4, -0.2) is 35.3 Å². The molecule has 1 aliphatic carbocycles. The molecule has 3 N–H and O–H groups in total. The van der Waals surface area contributed by atoms with Crippen LogP contribution in [0.2, 0.25) is 0 Å². The van der Waals surface area contributed by atoms with Gasteiger partial charge in [0.15, 0.2) is 0 Å². The molecular formula is C19H22FN3O3. The Hall–Kier alpha value is -2.41. The van der Waals surface area contributed by atoms with E-state index >= 15 is 0 Å². The summed E-state index contributed by atoms with van der Waals surface area (Å²) >= 11 is 0. The van der Waals surface area contributed by atoms with Crippen LogP contribution in [0.1, 0.15) is 42.1 Å². The van der Waals surface area contributed by atoms with Crippen LogP contribution in [0.3, 0.4) is 0 Å². The van der Waals surface area contributed by atoms with E-state index in [9.17, 15) is 19.1 Å². The minimum atomic E-state index is -1.28. The van der Waals surface area contributed by atoms with Gasteiger partial charge in [-0.15, -0.1) is 0 Å². The van der Waals surface area contributed by atoms with E-state index in [1.807, 2.05) is 9.47 Å². The highest BCUT2D eigenvalue weighted by atomic mass is 19.1. The van der Waals surface area contributed by atoms with Crippen molar-refractivity contribution in [1.82, 2.24) is 4.57 Å². The molecule has 1 aromatic heterocycles. The molecule has 26 heavy (non-hydrogen) atoms. The second-order valence-electron chi connectivity index (χ2n) is 7.31. The molecule has 4 rings (SSSR count). The number of pyridine rings is 1. The van der Waals surface area contributed by atoms with Gasteiger partial charge in [-0.3, -0.25) is 4.79 Å². The van der Waals surface area contributed by atoms with Gasteiger partial charge in [0.2, 0.25) is 5.43 Å². The van der Waals surface area contributed by atoms with Crippen LogP contribution in [0.25, 0.3) is 10.9 Å². The molecule has 0 spiro atoms. The van der Waals surface area contributed by atoms with Crippen molar-refractivity contribution < 1.29 is 14.3 Å². The van der Waals surface area contributed by atoms with Crippen LogP contribution < -0.4 is 16.1 Å². The quantitative estimate of drug-likeness (QED) is 0.855. The molecule has 7 heteroatoms. The van der Waals surface area contributed by atoms with Gasteiger partial charge in [-0.2, -0.15) is 0 Å². The molecule has 2 aliphatic rings. The number of carboxylic acid groups (broad SMARTS) is 1. The van der Waals surface area contributed by atoms with E-state index in [1.165, 1.54) is 12.3 Å². The van der Waals surface area contributed by atoms with Gasteiger partial charge >= 0.3 is 5.97 Å². The summed E-state index contributed by atoms with van der Waals surface area (Å²) in [5.74, 6) is -1.30. The largest absolute Gasteiger partial charge is 0.477 e. The van der Waals surface area contributed by atoms with Crippen molar-refractivity contribution in [1.29, 1.82) is 0 Å². The highest BCUT2D eigenvalue weighted by Gasteiger charge is 2.29. The van der Waals surface area contributed by atoms with Gasteiger partial charge in [-0.25, -0.2) is 9.18 Å². The topological polar surface area (TPSA) is 88.6 Å². The standard InChI is InChI=1S/C19H22FN3O3/c20-15-7-13-16(8-17(15)22-6-4-11(9-22)3-5-21)23(12-1-2-12)10-14(18(13)24)19(25)26/h7-8,10-12H,1-6,9,21H2,(H,25,26)/t11-/m1/s1. The molecule has 1 aliphatic heterocycles. The Labute approximate surface area is 150 Å². The average Bonchev–Trinajstić information content (AvgIpc) is 3.34. The van der Waals surface area contributed by atoms with E-state index in [-0.39, 0.29) is 17.0 Å². The summed E-state index contributed by atoms with van der Waals surface area (Å²) in [5.41, 5.74) is 5.79. The molecule has 0 bridgehead atoms. The van der Waals surface area contributed by atoms with E-state index in [0.29, 0.717) is 23.7 Å². The average molecular weight is 359 g/mol. The lowest BCUT2D eigenvalue weighted by Gasteiger charge is -2.21. The Morgan fingerprint density at radius 3 is 2.73 bits per heavy atom. The molecule has 0 radical (unpaired) electrons. The van der Waals surface area contributed by atoms with Gasteiger partial charge in [-0.1, -0.05) is 0 Å². The fraction of sp³-hybridized carbons (Fsp3) is 0.474. The lowest BCUT2D eigenvalue weighted by molar-refractivity contribution is 0.0695. The number of aromatic nitrogens is 1. The third-order valence-electron chi connectivity index (χ3n) is 5.47. The lowest BCUT2D eigenvalue weighted by Crippen LogP contribution is -2.23. The molecule has 2 aromatic rings. The van der Waals surface area contributed by atoms with Gasteiger partial charge in [0, 0.05) is 30.7 Å². The number of hydrogen-bond acceptors (Lipinski definition) is 4. The molecular weight excluding hydrogens is 337 g/mol. The zero-order valence-electron chi connectivity index (χ0n) is 14.4. The van der Waals surface area contributed by atoms with Crippen molar-refractivity contribution in [2.75, 3.05) is 24.5 Å². The number of nitrogens with two attached hydrogens (primary N) is 1. The number of carboxylic acids is 1. The van der Waals surface area contributed by atoms with Crippen molar-refractivity contribution in [2.45, 2.75) is 31.7 Å². The fourth-order valence-electron chi connectivity index (χ4n) is 3.93. The Kier molecular flexibility index (Phi) is 4.19. The number of hydrogen-bond donors (Lipinski definition) is 2. The monoisotopic (exact) mass is 359 g/mol. The van der Waals surface area contributed by atoms with Crippen LogP contribution >= 0.6 is 0 Å². The van der Waals surface area contributed by atoms with Gasteiger partial charge in [0.25, 0.3) is 0 Å². The Morgan fingerprint density at radius 2 is 2.08 bits per heavy atom. The first-order valence-electron chi connectivity index (χ1n) is 9.06. The number of fused-ring (bicyclic) bond motifs is 1. The molecule has 1 saturated carbocycles. The number of benzene rings is 1. The molecule has 1 atom stereocenters. The van der Waals surface area contributed by atoms with Crippen molar-refractivity contribution in [3.63, 3.8) is 0 Å². The summed E-state index contributed by atoms with van der Waals surface area (Å²) in [7, 11) is 0. The summed E-state index contributed by atoms with van der Waals surface area (Å²) in [6.07, 6.45) is 5.17. The maximum atomic E-state index is 14.8. The molecule has 6 nitrogen and oxygen atoms in total. The first-order valence-corrected chi connectivity index (χ1v) is 9.06. The first kappa shape index (κ1) is 17.0. The maximum Gasteiger partial charge on any atom is 0.341 e. The van der Waals surface area contributed by atoms with Gasteiger partial charge in [0.1, 0.15) is 11.4 Å². The van der Waals surface area contributed by atoms with Crippen LogP contribution in [0.4, 0.5) is 10.1 Å². The van der Waals surface area contributed by atoms with E-state index < -0.39 is 17.2 Å². The summed E-state index contributed by atoms with van der Waals surface area (Å²) < 4.78 is 16.6. The Bertz CT molecular complexity index is 936. The number of rotatable bonds is 5. The predicted octanol–water partition coefficient (Wildman–Crippen LogP) is 2.35. The van der Waals surface area contributed by atoms with Crippen LogP contribution in [0, 0.1) is 11.7 Å². The summed E-state index contributed by atoms with van der Waals surface area (Å²) in [6, 6.07) is 3.09. The molecule has 0 unspecified atom stereocenters. The van der Waals surface area contributed by atoms with Crippen molar-refractivity contribution in [3.8, 4) is 0 Å². The highest BCUT2D eigenvalue weighted by molar-refractivity contribution is 5.93. The second kappa shape index (κ2) is 6.39. The minimum absolute atomic E-state index is 0.135. The summed E-state index contributed by atoms with van der Waals surface area (Å²) in [5, 5.41) is 9.44. The van der Waals surface area contributed by atoms with Crippen molar-refractivity contribution >= 4 is 22.6 Å². The van der Waals surface area contributed by atoms with E-state index in [0.717, 1.165) is 38.8 Å². The smallest absolute Gasteiger partial charge is 0.341 e. The fourth-order valence-corrected chi connectivity index (χ4v) is 3.93. The van der Waals surface area contributed by atoms with Crippen LogP contribution in [0.5, 0.6) is 0 Å². The molecule has 138 valence electrons. The lowest BCUT2D eigenvalue weighted by atomic mass is 10.1. The van der Waals surface area contributed by atoms with Gasteiger partial charge in [0.05, 0.1) is 11.2 Å². The minimum Gasteiger partial charge on any atom is -0.477 e. The third kappa shape index (κ3) is 2.86. The number of halogens is 1. The Morgan fingerprint density at radius 1 is 1.31 bits per heavy atom. The van der Waals surface area contributed by atoms with Crippen LogP contribution in [0.15, 0.2) is 23.1 Å². The number of anilines is 1. The van der Waals surface area contributed by atoms with E-state index in [2.05, 4.69) is 0 Å². The third-order valence-corrected chi connectivity index (χ3v) is 5.47. The van der Waals surface area contributed by atoms with Crippen molar-refractivity contribution in [2.24, 2.45) is 11.7 Å². The normalized spacial score (nSPS) is 20.1.